The van der Waals surface area contributed by atoms with Crippen molar-refractivity contribution >= 4 is 17.5 Å². The molecule has 0 saturated carbocycles. The number of ether oxygens (including phenoxy) is 1. The molecule has 0 spiro atoms. The zero-order chi connectivity index (χ0) is 26.8. The van der Waals surface area contributed by atoms with Gasteiger partial charge in [-0.05, 0) is 85.4 Å². The predicted octanol–water partition coefficient (Wildman–Crippen LogP) is 5.20. The van der Waals surface area contributed by atoms with Gasteiger partial charge in [-0.25, -0.2) is 9.37 Å². The number of halogens is 1. The molecule has 2 aliphatic heterocycles. The van der Waals surface area contributed by atoms with Crippen LogP contribution >= 0.6 is 0 Å². The normalized spacial score (nSPS) is 20.4. The van der Waals surface area contributed by atoms with Crippen molar-refractivity contribution in [3.63, 3.8) is 0 Å². The van der Waals surface area contributed by atoms with Gasteiger partial charge in [-0.2, -0.15) is 10.2 Å². The van der Waals surface area contributed by atoms with E-state index < -0.39 is 5.82 Å². The van der Waals surface area contributed by atoms with E-state index in [4.69, 9.17) is 4.74 Å². The highest BCUT2D eigenvalue weighted by Crippen LogP contribution is 2.31. The molecular formula is C28H40FN7O. The van der Waals surface area contributed by atoms with E-state index in [1.807, 2.05) is 6.07 Å². The number of nitrogens with zero attached hydrogens (tertiary/aromatic N) is 4. The van der Waals surface area contributed by atoms with Crippen LogP contribution < -0.4 is 20.7 Å². The molecule has 200 valence electrons. The molecule has 3 N–H and O–H groups in total. The molecule has 3 heterocycles. The van der Waals surface area contributed by atoms with Crippen LogP contribution in [0.25, 0.3) is 0 Å². The molecule has 0 aliphatic carbocycles. The van der Waals surface area contributed by atoms with Gasteiger partial charge in [0.1, 0.15) is 17.9 Å². The van der Waals surface area contributed by atoms with E-state index in [2.05, 4.69) is 78.4 Å². The Morgan fingerprint density at radius 1 is 1.16 bits per heavy atom. The maximum atomic E-state index is 14.6. The van der Waals surface area contributed by atoms with Gasteiger partial charge in [0.25, 0.3) is 0 Å². The Morgan fingerprint density at radius 3 is 2.46 bits per heavy atom. The molecule has 0 bridgehead atoms. The van der Waals surface area contributed by atoms with Crippen LogP contribution in [-0.2, 0) is 0 Å². The summed E-state index contributed by atoms with van der Waals surface area (Å²) in [5, 5.41) is 19.8. The average Bonchev–Trinajstić information content (AvgIpc) is 2.80. The molecule has 0 amide bonds. The molecule has 4 rings (SSSR count). The molecule has 2 aromatic rings. The van der Waals surface area contributed by atoms with Crippen molar-refractivity contribution in [1.82, 2.24) is 20.2 Å². The van der Waals surface area contributed by atoms with Crippen LogP contribution in [0.2, 0.25) is 0 Å². The number of rotatable bonds is 7. The van der Waals surface area contributed by atoms with Gasteiger partial charge in [-0.15, -0.1) is 0 Å². The molecule has 8 nitrogen and oxygen atoms in total. The number of piperidine rings is 2. The second-order valence-electron chi connectivity index (χ2n) is 11.9. The number of aromatic nitrogens is 2. The molecular weight excluding hydrogens is 469 g/mol. The summed E-state index contributed by atoms with van der Waals surface area (Å²) in [4.78, 5) is 11.0. The number of benzene rings is 1. The summed E-state index contributed by atoms with van der Waals surface area (Å²) < 4.78 is 20.8. The lowest BCUT2D eigenvalue weighted by atomic mass is 9.79. The summed E-state index contributed by atoms with van der Waals surface area (Å²) in [5.41, 5.74) is 0.927. The fourth-order valence-electron chi connectivity index (χ4n) is 5.76. The lowest BCUT2D eigenvalue weighted by molar-refractivity contribution is 0.0841. The predicted molar refractivity (Wildman–Crippen MR) is 145 cm³/mol. The third kappa shape index (κ3) is 7.08. The van der Waals surface area contributed by atoms with Gasteiger partial charge in [-0.3, -0.25) is 0 Å². The molecule has 0 radical (unpaired) electrons. The third-order valence-corrected chi connectivity index (χ3v) is 7.13. The highest BCUT2D eigenvalue weighted by molar-refractivity contribution is 5.61. The van der Waals surface area contributed by atoms with Crippen LogP contribution in [0.4, 0.5) is 21.8 Å². The van der Waals surface area contributed by atoms with E-state index in [-0.39, 0.29) is 35.0 Å². The van der Waals surface area contributed by atoms with Crippen molar-refractivity contribution in [2.24, 2.45) is 0 Å². The number of likely N-dealkylation sites (tertiary alicyclic amines) is 1. The molecule has 0 atom stereocenters. The van der Waals surface area contributed by atoms with Gasteiger partial charge >= 0.3 is 0 Å². The largest absolute Gasteiger partial charge is 0.489 e. The number of anilines is 3. The van der Waals surface area contributed by atoms with Gasteiger partial charge in [0, 0.05) is 41.9 Å². The van der Waals surface area contributed by atoms with Crippen LogP contribution in [-0.4, -0.2) is 57.2 Å². The van der Waals surface area contributed by atoms with Crippen molar-refractivity contribution in [3.05, 3.63) is 35.8 Å². The van der Waals surface area contributed by atoms with E-state index in [0.717, 1.165) is 38.8 Å². The minimum atomic E-state index is -0.496. The van der Waals surface area contributed by atoms with Crippen LogP contribution in [0.15, 0.2) is 24.4 Å². The van der Waals surface area contributed by atoms with Crippen molar-refractivity contribution in [3.8, 4) is 11.8 Å². The van der Waals surface area contributed by atoms with Crippen LogP contribution in [0.5, 0.6) is 5.75 Å². The smallest absolute Gasteiger partial charge is 0.229 e. The molecule has 2 saturated heterocycles. The van der Waals surface area contributed by atoms with Gasteiger partial charge in [0.2, 0.25) is 5.95 Å². The standard InChI is InChI=1S/C28H40FN7O/c1-18(2)36-11-9-22(10-12-36)37-24-8-7-20(13-19(24)16-30)33-26-31-17-23(29)25(34-26)32-21-14-27(3,4)35-28(5,6)15-21/h7-8,13,17-18,21-22,35H,9-12,14-15H2,1-6H3,(H2,31,32,33,34). The topological polar surface area (TPSA) is 98.1 Å². The van der Waals surface area contributed by atoms with Gasteiger partial charge in [-0.1, -0.05) is 0 Å². The molecule has 1 aromatic carbocycles. The Bertz CT molecular complexity index is 1120. The highest BCUT2D eigenvalue weighted by atomic mass is 19.1. The van der Waals surface area contributed by atoms with E-state index in [1.54, 1.807) is 12.1 Å². The van der Waals surface area contributed by atoms with Crippen LogP contribution in [0.1, 0.15) is 72.8 Å². The number of nitriles is 1. The molecule has 1 aromatic heterocycles. The summed E-state index contributed by atoms with van der Waals surface area (Å²) in [7, 11) is 0. The van der Waals surface area contributed by atoms with Crippen LogP contribution in [0, 0.1) is 17.1 Å². The molecule has 2 fully saturated rings. The minimum Gasteiger partial charge on any atom is -0.489 e. The highest BCUT2D eigenvalue weighted by Gasteiger charge is 2.38. The second kappa shape index (κ2) is 10.8. The van der Waals surface area contributed by atoms with Gasteiger partial charge in [0.05, 0.1) is 11.8 Å². The number of hydrogen-bond acceptors (Lipinski definition) is 8. The van der Waals surface area contributed by atoms with E-state index in [1.165, 1.54) is 6.20 Å². The zero-order valence-corrected chi connectivity index (χ0v) is 22.9. The summed E-state index contributed by atoms with van der Waals surface area (Å²) in [6.07, 6.45) is 4.82. The van der Waals surface area contributed by atoms with E-state index in [9.17, 15) is 9.65 Å². The van der Waals surface area contributed by atoms with E-state index in [0.29, 0.717) is 23.0 Å². The fraction of sp³-hybridized carbons (Fsp3) is 0.607. The van der Waals surface area contributed by atoms with Gasteiger partial charge in [0.15, 0.2) is 11.6 Å². The van der Waals surface area contributed by atoms with Crippen molar-refractivity contribution < 1.29 is 9.13 Å². The first kappa shape index (κ1) is 27.1. The zero-order valence-electron chi connectivity index (χ0n) is 22.9. The molecule has 9 heteroatoms. The van der Waals surface area contributed by atoms with Gasteiger partial charge < -0.3 is 25.6 Å². The number of hydrogen-bond donors (Lipinski definition) is 3. The molecule has 0 unspecified atom stereocenters. The second-order valence-corrected chi connectivity index (χ2v) is 11.9. The third-order valence-electron chi connectivity index (χ3n) is 7.13. The summed E-state index contributed by atoms with van der Waals surface area (Å²) in [5.74, 6) is 0.512. The first-order chi connectivity index (χ1) is 17.4. The Balaban J connectivity index is 1.43. The molecule has 37 heavy (non-hydrogen) atoms. The van der Waals surface area contributed by atoms with Crippen molar-refractivity contribution in [1.29, 1.82) is 5.26 Å². The Morgan fingerprint density at radius 2 is 1.84 bits per heavy atom. The first-order valence-electron chi connectivity index (χ1n) is 13.2. The first-order valence-corrected chi connectivity index (χ1v) is 13.2. The lowest BCUT2D eigenvalue weighted by Crippen LogP contribution is -2.60. The number of nitrogens with one attached hydrogen (secondary N) is 3. The quantitative estimate of drug-likeness (QED) is 0.468. The monoisotopic (exact) mass is 509 g/mol. The Labute approximate surface area is 220 Å². The summed E-state index contributed by atoms with van der Waals surface area (Å²) in [6, 6.07) is 8.18. The van der Waals surface area contributed by atoms with Crippen molar-refractivity contribution in [2.45, 2.75) is 96.5 Å². The molecule has 2 aliphatic rings. The average molecular weight is 510 g/mol. The lowest BCUT2D eigenvalue weighted by Gasteiger charge is -2.46. The maximum absolute atomic E-state index is 14.6. The summed E-state index contributed by atoms with van der Waals surface area (Å²) >= 11 is 0. The Hall–Kier alpha value is -2.96. The van der Waals surface area contributed by atoms with Crippen LogP contribution in [0.3, 0.4) is 0 Å². The van der Waals surface area contributed by atoms with Crippen molar-refractivity contribution in [2.75, 3.05) is 23.7 Å². The minimum absolute atomic E-state index is 0.0672. The van der Waals surface area contributed by atoms with E-state index >= 15 is 0 Å². The summed E-state index contributed by atoms with van der Waals surface area (Å²) in [6.45, 7) is 15.0. The maximum Gasteiger partial charge on any atom is 0.229 e. The SMILES string of the molecule is CC(C)N1CCC(Oc2ccc(Nc3ncc(F)c(NC4CC(C)(C)NC(C)(C)C4)n3)cc2C#N)CC1. The Kier molecular flexibility index (Phi) is 7.91. The fourth-order valence-corrected chi connectivity index (χ4v) is 5.76.